The van der Waals surface area contributed by atoms with Gasteiger partial charge in [-0.1, -0.05) is 41.9 Å². The zero-order chi connectivity index (χ0) is 16.6. The zero-order valence-corrected chi connectivity index (χ0v) is 13.7. The van der Waals surface area contributed by atoms with Crippen molar-refractivity contribution >= 4 is 23.2 Å². The van der Waals surface area contributed by atoms with E-state index in [1.165, 1.54) is 0 Å². The first-order chi connectivity index (χ1) is 11.7. The first-order valence-corrected chi connectivity index (χ1v) is 8.17. The van der Waals surface area contributed by atoms with Gasteiger partial charge in [-0.3, -0.25) is 4.79 Å². The van der Waals surface area contributed by atoms with Crippen LogP contribution in [0.2, 0.25) is 5.02 Å². The van der Waals surface area contributed by atoms with Crippen molar-refractivity contribution in [2.24, 2.45) is 0 Å². The van der Waals surface area contributed by atoms with Crippen LogP contribution >= 0.6 is 11.6 Å². The van der Waals surface area contributed by atoms with Gasteiger partial charge >= 0.3 is 0 Å². The molecule has 1 saturated heterocycles. The molecule has 0 bridgehead atoms. The van der Waals surface area contributed by atoms with E-state index >= 15 is 0 Å². The molecule has 0 N–H and O–H groups in total. The molecule has 0 aliphatic carbocycles. The summed E-state index contributed by atoms with van der Waals surface area (Å²) in [5.74, 6) is -0.848. The third-order valence-corrected chi connectivity index (χ3v) is 4.46. The Hall–Kier alpha value is -2.08. The molecule has 2 aliphatic heterocycles. The number of halogens is 1. The van der Waals surface area contributed by atoms with Crippen LogP contribution in [-0.2, 0) is 20.1 Å². The second kappa shape index (κ2) is 6.09. The fraction of sp³-hybridized carbons (Fsp3) is 0.278. The topological polar surface area (TPSA) is 48.0 Å². The van der Waals surface area contributed by atoms with Crippen molar-refractivity contribution in [2.75, 3.05) is 31.3 Å². The summed E-state index contributed by atoms with van der Waals surface area (Å²) in [6, 6.07) is 14.8. The second-order valence-electron chi connectivity index (χ2n) is 5.57. The number of ether oxygens (including phenoxy) is 3. The SMILES string of the molecule is O=C1N(CCOc2ccccc2)c2c(Cl)cccc2C12OCCO2. The van der Waals surface area contributed by atoms with Crippen LogP contribution in [0.5, 0.6) is 5.75 Å². The van der Waals surface area contributed by atoms with Crippen LogP contribution < -0.4 is 9.64 Å². The first-order valence-electron chi connectivity index (χ1n) is 7.79. The highest BCUT2D eigenvalue weighted by Crippen LogP contribution is 2.48. The molecule has 0 unspecified atom stereocenters. The van der Waals surface area contributed by atoms with Gasteiger partial charge in [-0.2, -0.15) is 0 Å². The fourth-order valence-electron chi connectivity index (χ4n) is 3.13. The molecule has 2 aromatic carbocycles. The largest absolute Gasteiger partial charge is 0.492 e. The summed E-state index contributed by atoms with van der Waals surface area (Å²) < 4.78 is 17.1. The van der Waals surface area contributed by atoms with Crippen LogP contribution in [-0.4, -0.2) is 32.3 Å². The Labute approximate surface area is 144 Å². The number of carbonyl (C=O) groups excluding carboxylic acids is 1. The highest BCUT2D eigenvalue weighted by atomic mass is 35.5. The van der Waals surface area contributed by atoms with E-state index in [4.69, 9.17) is 25.8 Å². The number of para-hydroxylation sites is 2. The van der Waals surface area contributed by atoms with Crippen LogP contribution in [0, 0.1) is 0 Å². The van der Waals surface area contributed by atoms with E-state index in [0.717, 1.165) is 5.75 Å². The number of nitrogens with zero attached hydrogens (tertiary/aromatic N) is 1. The van der Waals surface area contributed by atoms with Crippen molar-refractivity contribution in [3.63, 3.8) is 0 Å². The lowest BCUT2D eigenvalue weighted by Crippen LogP contribution is -2.42. The van der Waals surface area contributed by atoms with Gasteiger partial charge in [0.2, 0.25) is 0 Å². The van der Waals surface area contributed by atoms with E-state index in [1.807, 2.05) is 36.4 Å². The normalized spacial score (nSPS) is 18.2. The molecule has 1 spiro atoms. The van der Waals surface area contributed by atoms with Gasteiger partial charge in [-0.25, -0.2) is 0 Å². The Kier molecular flexibility index (Phi) is 3.92. The lowest BCUT2D eigenvalue weighted by molar-refractivity contribution is -0.180. The second-order valence-corrected chi connectivity index (χ2v) is 5.98. The van der Waals surface area contributed by atoms with Gasteiger partial charge in [0.05, 0.1) is 30.5 Å². The number of fused-ring (bicyclic) bond motifs is 2. The van der Waals surface area contributed by atoms with Gasteiger partial charge in [0.25, 0.3) is 11.7 Å². The summed E-state index contributed by atoms with van der Waals surface area (Å²) in [6.45, 7) is 1.47. The van der Waals surface area contributed by atoms with Crippen molar-refractivity contribution in [3.05, 3.63) is 59.1 Å². The Morgan fingerprint density at radius 3 is 2.58 bits per heavy atom. The average molecular weight is 346 g/mol. The van der Waals surface area contributed by atoms with Gasteiger partial charge in [0, 0.05) is 5.56 Å². The quantitative estimate of drug-likeness (QED) is 0.854. The van der Waals surface area contributed by atoms with Gasteiger partial charge in [0.1, 0.15) is 12.4 Å². The highest BCUT2D eigenvalue weighted by molar-refractivity contribution is 6.35. The van der Waals surface area contributed by atoms with E-state index in [0.29, 0.717) is 42.6 Å². The maximum atomic E-state index is 12.9. The molecule has 1 amide bonds. The lowest BCUT2D eigenvalue weighted by Gasteiger charge is -2.22. The zero-order valence-electron chi connectivity index (χ0n) is 12.9. The van der Waals surface area contributed by atoms with Gasteiger partial charge < -0.3 is 19.1 Å². The molecule has 2 aromatic rings. The number of hydrogen-bond donors (Lipinski definition) is 0. The van der Waals surface area contributed by atoms with Gasteiger partial charge in [-0.15, -0.1) is 0 Å². The fourth-order valence-corrected chi connectivity index (χ4v) is 3.40. The number of rotatable bonds is 4. The minimum Gasteiger partial charge on any atom is -0.492 e. The smallest absolute Gasteiger partial charge is 0.292 e. The van der Waals surface area contributed by atoms with Gasteiger partial charge in [0.15, 0.2) is 0 Å². The van der Waals surface area contributed by atoms with E-state index in [2.05, 4.69) is 0 Å². The molecule has 6 heteroatoms. The minimum absolute atomic E-state index is 0.250. The van der Waals surface area contributed by atoms with E-state index in [9.17, 15) is 4.79 Å². The van der Waals surface area contributed by atoms with Crippen molar-refractivity contribution < 1.29 is 19.0 Å². The molecule has 24 heavy (non-hydrogen) atoms. The summed E-state index contributed by atoms with van der Waals surface area (Å²) in [7, 11) is 0. The third kappa shape index (κ3) is 2.36. The van der Waals surface area contributed by atoms with Crippen LogP contribution in [0.4, 0.5) is 5.69 Å². The monoisotopic (exact) mass is 345 g/mol. The minimum atomic E-state index is -1.35. The lowest BCUT2D eigenvalue weighted by atomic mass is 10.1. The van der Waals surface area contributed by atoms with Crippen molar-refractivity contribution in [2.45, 2.75) is 5.79 Å². The Balaban J connectivity index is 1.58. The summed E-state index contributed by atoms with van der Waals surface area (Å²) in [4.78, 5) is 14.5. The molecular weight excluding hydrogens is 330 g/mol. The molecule has 0 atom stereocenters. The molecule has 0 aromatic heterocycles. The van der Waals surface area contributed by atoms with Crippen molar-refractivity contribution in [1.82, 2.24) is 0 Å². The van der Waals surface area contributed by atoms with Gasteiger partial charge in [-0.05, 0) is 18.2 Å². The van der Waals surface area contributed by atoms with Crippen molar-refractivity contribution in [1.29, 1.82) is 0 Å². The molecule has 2 aliphatic rings. The van der Waals surface area contributed by atoms with Crippen LogP contribution in [0.3, 0.4) is 0 Å². The Bertz CT molecular complexity index is 759. The molecule has 1 fully saturated rings. The Morgan fingerprint density at radius 1 is 1.08 bits per heavy atom. The van der Waals surface area contributed by atoms with E-state index < -0.39 is 5.79 Å². The standard InChI is InChI=1S/C18H16ClNO4/c19-15-8-4-7-14-16(15)20(17(21)18(14)23-11-12-24-18)9-10-22-13-5-2-1-3-6-13/h1-8H,9-12H2. The van der Waals surface area contributed by atoms with Crippen LogP contribution in [0.15, 0.2) is 48.5 Å². The first kappa shape index (κ1) is 15.4. The Morgan fingerprint density at radius 2 is 1.83 bits per heavy atom. The molecule has 0 saturated carbocycles. The predicted octanol–water partition coefficient (Wildman–Crippen LogP) is 2.97. The molecular formula is C18H16ClNO4. The number of amides is 1. The predicted molar refractivity (Wildman–Crippen MR) is 89.3 cm³/mol. The summed E-state index contributed by atoms with van der Waals surface area (Å²) in [5, 5.41) is 0.497. The van der Waals surface area contributed by atoms with E-state index in [1.54, 1.807) is 17.0 Å². The molecule has 4 rings (SSSR count). The van der Waals surface area contributed by atoms with Crippen LogP contribution in [0.1, 0.15) is 5.56 Å². The molecule has 124 valence electrons. The summed E-state index contributed by atoms with van der Waals surface area (Å²) in [6.07, 6.45) is 0. The average Bonchev–Trinajstić information content (AvgIpc) is 3.18. The maximum Gasteiger partial charge on any atom is 0.292 e. The van der Waals surface area contributed by atoms with E-state index in [-0.39, 0.29) is 5.91 Å². The molecule has 5 nitrogen and oxygen atoms in total. The number of anilines is 1. The van der Waals surface area contributed by atoms with Crippen molar-refractivity contribution in [3.8, 4) is 5.75 Å². The molecule has 2 heterocycles. The molecule has 0 radical (unpaired) electrons. The number of carbonyl (C=O) groups is 1. The maximum absolute atomic E-state index is 12.9. The summed E-state index contributed by atoms with van der Waals surface area (Å²) >= 11 is 6.34. The summed E-state index contributed by atoms with van der Waals surface area (Å²) in [5.41, 5.74) is 1.31. The van der Waals surface area contributed by atoms with Crippen LogP contribution in [0.25, 0.3) is 0 Å². The third-order valence-electron chi connectivity index (χ3n) is 4.16. The highest BCUT2D eigenvalue weighted by Gasteiger charge is 2.56. The number of hydrogen-bond acceptors (Lipinski definition) is 4. The number of benzene rings is 2.